The molecular formula is C15H16ClNO. The molecule has 0 aromatic heterocycles. The van der Waals surface area contributed by atoms with Crippen molar-refractivity contribution >= 4 is 23.1 Å². The number of fused-ring (bicyclic) bond motifs is 2. The number of hydrogen-bond donors (Lipinski definition) is 1. The fraction of sp³-hybridized carbons (Fsp3) is 0.400. The van der Waals surface area contributed by atoms with Gasteiger partial charge >= 0.3 is 0 Å². The summed E-state index contributed by atoms with van der Waals surface area (Å²) in [4.78, 5) is 11.6. The second-order valence-electron chi connectivity index (χ2n) is 5.01. The largest absolute Gasteiger partial charge is 0.369 e. The van der Waals surface area contributed by atoms with Gasteiger partial charge in [-0.3, -0.25) is 4.79 Å². The van der Waals surface area contributed by atoms with Gasteiger partial charge in [-0.1, -0.05) is 17.7 Å². The maximum atomic E-state index is 11.6. The molecule has 0 heterocycles. The van der Waals surface area contributed by atoms with Crippen LogP contribution in [0.2, 0.25) is 5.02 Å². The lowest BCUT2D eigenvalue weighted by atomic mass is 9.82. The van der Waals surface area contributed by atoms with Gasteiger partial charge in [0.25, 0.3) is 0 Å². The van der Waals surface area contributed by atoms with E-state index < -0.39 is 6.37 Å². The smallest absolute Gasteiger partial charge is 0.224 e. The van der Waals surface area contributed by atoms with Crippen molar-refractivity contribution in [2.75, 3.05) is 0 Å². The zero-order valence-electron chi connectivity index (χ0n) is 12.2. The lowest BCUT2D eigenvalue weighted by molar-refractivity contribution is -0.121. The standard InChI is InChI=1S/C15H16ClNO/c1-8-5-9-6-13-10(12(9)7-14(8)16)3-2-4-11(13)15(17)18/h5,7,11H,2-4,6H2,1H3,(H2,17,18)/i3D2. The van der Waals surface area contributed by atoms with E-state index in [1.165, 1.54) is 0 Å². The van der Waals surface area contributed by atoms with Gasteiger partial charge in [-0.15, -0.1) is 0 Å². The minimum atomic E-state index is -1.41. The van der Waals surface area contributed by atoms with Crippen LogP contribution in [0.25, 0.3) is 5.57 Å². The summed E-state index contributed by atoms with van der Waals surface area (Å²) < 4.78 is 16.5. The van der Waals surface area contributed by atoms with Gasteiger partial charge in [0, 0.05) is 7.76 Å². The first-order valence-electron chi connectivity index (χ1n) is 7.13. The molecule has 1 atom stereocenters. The molecule has 18 heavy (non-hydrogen) atoms. The molecule has 2 aliphatic rings. The Bertz CT molecular complexity index is 652. The molecule has 1 amide bonds. The summed E-state index contributed by atoms with van der Waals surface area (Å²) in [5, 5.41) is 0.634. The molecule has 0 radical (unpaired) electrons. The van der Waals surface area contributed by atoms with Crippen LogP contribution in [-0.2, 0) is 11.2 Å². The van der Waals surface area contributed by atoms with Crippen molar-refractivity contribution in [2.45, 2.75) is 32.6 Å². The van der Waals surface area contributed by atoms with Gasteiger partial charge in [-0.05, 0) is 66.5 Å². The van der Waals surface area contributed by atoms with Crippen LogP contribution in [0.4, 0.5) is 0 Å². The summed E-state index contributed by atoms with van der Waals surface area (Å²) in [6.45, 7) is 1.93. The number of rotatable bonds is 1. The van der Waals surface area contributed by atoms with Gasteiger partial charge in [0.05, 0.1) is 5.92 Å². The summed E-state index contributed by atoms with van der Waals surface area (Å²) in [6.07, 6.45) is 0.00710. The van der Waals surface area contributed by atoms with Crippen molar-refractivity contribution in [3.63, 3.8) is 0 Å². The quantitative estimate of drug-likeness (QED) is 0.830. The van der Waals surface area contributed by atoms with Gasteiger partial charge in [-0.25, -0.2) is 0 Å². The molecule has 1 aromatic rings. The summed E-state index contributed by atoms with van der Waals surface area (Å²) in [6, 6.07) is 3.82. The Morgan fingerprint density at radius 2 is 2.33 bits per heavy atom. The lowest BCUT2D eigenvalue weighted by Gasteiger charge is -2.22. The predicted molar refractivity (Wildman–Crippen MR) is 73.3 cm³/mol. The number of hydrogen-bond acceptors (Lipinski definition) is 1. The third kappa shape index (κ3) is 1.67. The zero-order valence-corrected chi connectivity index (χ0v) is 11.0. The maximum absolute atomic E-state index is 11.6. The van der Waals surface area contributed by atoms with Crippen molar-refractivity contribution < 1.29 is 7.54 Å². The first kappa shape index (κ1) is 9.62. The second-order valence-corrected chi connectivity index (χ2v) is 5.41. The number of carbonyl (C=O) groups is 1. The molecule has 0 saturated heterocycles. The van der Waals surface area contributed by atoms with Crippen LogP contribution in [0.1, 0.15) is 38.6 Å². The van der Waals surface area contributed by atoms with Crippen LogP contribution in [0.3, 0.4) is 0 Å². The fourth-order valence-electron chi connectivity index (χ4n) is 2.92. The van der Waals surface area contributed by atoms with Crippen molar-refractivity contribution in [2.24, 2.45) is 11.7 Å². The second kappa shape index (κ2) is 4.13. The number of amides is 1. The molecule has 0 fully saturated rings. The summed E-state index contributed by atoms with van der Waals surface area (Å²) >= 11 is 6.18. The highest BCUT2D eigenvalue weighted by molar-refractivity contribution is 6.31. The van der Waals surface area contributed by atoms with E-state index in [0.717, 1.165) is 22.3 Å². The Morgan fingerprint density at radius 3 is 3.06 bits per heavy atom. The Hall–Kier alpha value is -1.28. The predicted octanol–water partition coefficient (Wildman–Crippen LogP) is 3.24. The molecule has 3 heteroatoms. The molecule has 2 nitrogen and oxygen atoms in total. The molecule has 1 aromatic carbocycles. The van der Waals surface area contributed by atoms with Crippen LogP contribution >= 0.6 is 11.6 Å². The number of nitrogens with two attached hydrogens (primary N) is 1. The van der Waals surface area contributed by atoms with E-state index in [0.29, 0.717) is 29.9 Å². The van der Waals surface area contributed by atoms with Crippen LogP contribution < -0.4 is 5.73 Å². The maximum Gasteiger partial charge on any atom is 0.224 e. The minimum absolute atomic E-state index is 0.324. The van der Waals surface area contributed by atoms with Gasteiger partial charge in [0.1, 0.15) is 0 Å². The summed E-state index contributed by atoms with van der Waals surface area (Å²) in [5.74, 6) is -0.705. The Morgan fingerprint density at radius 1 is 1.56 bits per heavy atom. The average molecular weight is 264 g/mol. The average Bonchev–Trinajstić information content (AvgIpc) is 2.68. The van der Waals surface area contributed by atoms with Crippen molar-refractivity contribution in [3.05, 3.63) is 39.4 Å². The molecule has 1 unspecified atom stereocenters. The van der Waals surface area contributed by atoms with Gasteiger partial charge in [0.2, 0.25) is 5.91 Å². The highest BCUT2D eigenvalue weighted by Gasteiger charge is 2.33. The van der Waals surface area contributed by atoms with Gasteiger partial charge < -0.3 is 5.73 Å². The van der Waals surface area contributed by atoms with Gasteiger partial charge in [0.15, 0.2) is 0 Å². The van der Waals surface area contributed by atoms with Crippen molar-refractivity contribution in [1.82, 2.24) is 0 Å². The highest BCUT2D eigenvalue weighted by atomic mass is 35.5. The molecule has 0 spiro atoms. The molecule has 2 N–H and O–H groups in total. The number of halogens is 1. The van der Waals surface area contributed by atoms with E-state index in [1.54, 1.807) is 0 Å². The number of allylic oxidation sites excluding steroid dienone is 1. The third-order valence-corrected chi connectivity index (χ3v) is 4.26. The van der Waals surface area contributed by atoms with E-state index in [9.17, 15) is 4.79 Å². The minimum Gasteiger partial charge on any atom is -0.369 e. The summed E-state index contributed by atoms with van der Waals surface area (Å²) in [7, 11) is 0. The Balaban J connectivity index is 2.20. The molecule has 0 bridgehead atoms. The molecule has 3 rings (SSSR count). The lowest BCUT2D eigenvalue weighted by Crippen LogP contribution is -2.27. The number of aryl methyl sites for hydroxylation is 1. The zero-order chi connectivity index (χ0) is 14.7. The number of carbonyl (C=O) groups excluding carboxylic acids is 1. The molecule has 0 saturated carbocycles. The van der Waals surface area contributed by atoms with E-state index in [-0.39, 0.29) is 11.8 Å². The van der Waals surface area contributed by atoms with E-state index in [4.69, 9.17) is 20.1 Å². The fourth-order valence-corrected chi connectivity index (χ4v) is 3.09. The van der Waals surface area contributed by atoms with Crippen LogP contribution in [0.15, 0.2) is 17.7 Å². The van der Waals surface area contributed by atoms with E-state index >= 15 is 0 Å². The molecule has 0 aliphatic heterocycles. The van der Waals surface area contributed by atoms with Crippen molar-refractivity contribution in [3.8, 4) is 0 Å². The molecule has 94 valence electrons. The third-order valence-electron chi connectivity index (χ3n) is 3.85. The van der Waals surface area contributed by atoms with Gasteiger partial charge in [-0.2, -0.15) is 0 Å². The van der Waals surface area contributed by atoms with Crippen molar-refractivity contribution in [1.29, 1.82) is 0 Å². The normalized spacial score (nSPS) is 26.2. The van der Waals surface area contributed by atoms with Crippen LogP contribution in [0, 0.1) is 12.8 Å². The topological polar surface area (TPSA) is 43.1 Å². The first-order valence-corrected chi connectivity index (χ1v) is 6.51. The monoisotopic (exact) mass is 263 g/mol. The van der Waals surface area contributed by atoms with E-state index in [1.807, 2.05) is 19.1 Å². The van der Waals surface area contributed by atoms with Crippen LogP contribution in [0.5, 0.6) is 0 Å². The van der Waals surface area contributed by atoms with Crippen LogP contribution in [-0.4, -0.2) is 5.91 Å². The van der Waals surface area contributed by atoms with E-state index in [2.05, 4.69) is 0 Å². The summed E-state index contributed by atoms with van der Waals surface area (Å²) in [5.41, 5.74) is 9.86. The highest BCUT2D eigenvalue weighted by Crippen LogP contribution is 2.45. The first-order chi connectivity index (χ1) is 9.31. The Kier molecular flexibility index (Phi) is 2.21. The molecule has 2 aliphatic carbocycles. The SMILES string of the molecule is [2H]C1([2H])CCC(C(N)=O)C2=C1c1cc(Cl)c(C)cc1C2. The number of primary amides is 1. The number of benzene rings is 1. The molecular weight excluding hydrogens is 246 g/mol. The Labute approximate surface area is 115 Å².